The van der Waals surface area contributed by atoms with Crippen molar-refractivity contribution in [2.45, 2.75) is 19.1 Å². The Morgan fingerprint density at radius 2 is 2.19 bits per heavy atom. The zero-order valence-electron chi connectivity index (χ0n) is 8.72. The average molecular weight is 243 g/mol. The molecule has 0 amide bonds. The van der Waals surface area contributed by atoms with Gasteiger partial charge in [-0.05, 0) is 0 Å². The second-order valence-corrected chi connectivity index (χ2v) is 6.44. The van der Waals surface area contributed by atoms with E-state index in [1.807, 2.05) is 0 Å². The van der Waals surface area contributed by atoms with Gasteiger partial charge in [0.2, 0.25) is 0 Å². The van der Waals surface area contributed by atoms with Gasteiger partial charge in [0.05, 0.1) is 36.5 Å². The van der Waals surface area contributed by atoms with E-state index < -0.39 is 9.84 Å². The fourth-order valence-electron chi connectivity index (χ4n) is 2.22. The minimum atomic E-state index is -2.84. The second kappa shape index (κ2) is 3.21. The average Bonchev–Trinajstić information content (AvgIpc) is 2.53. The van der Waals surface area contributed by atoms with Gasteiger partial charge in [-0.3, -0.25) is 0 Å². The number of hydrogen-bond acceptors (Lipinski definition) is 5. The van der Waals surface area contributed by atoms with Gasteiger partial charge in [-0.15, -0.1) is 0 Å². The molecule has 6 nitrogen and oxygen atoms in total. The van der Waals surface area contributed by atoms with E-state index in [1.165, 1.54) is 0 Å². The molecule has 0 bridgehead atoms. The third kappa shape index (κ3) is 1.42. The Morgan fingerprint density at radius 3 is 2.81 bits per heavy atom. The molecule has 3 rings (SSSR count). The highest BCUT2D eigenvalue weighted by molar-refractivity contribution is 7.92. The van der Waals surface area contributed by atoms with Gasteiger partial charge < -0.3 is 10.5 Å². The van der Waals surface area contributed by atoms with Crippen LogP contribution in [-0.4, -0.2) is 36.3 Å². The molecule has 0 radical (unpaired) electrons. The molecule has 0 aromatic carbocycles. The Balaban J connectivity index is 1.94. The number of sulfone groups is 1. The highest BCUT2D eigenvalue weighted by Crippen LogP contribution is 2.30. The van der Waals surface area contributed by atoms with Crippen LogP contribution < -0.4 is 5.73 Å². The molecule has 1 aromatic heterocycles. The predicted octanol–water partition coefficient (Wildman–Crippen LogP) is -0.493. The minimum absolute atomic E-state index is 0.0874. The molecule has 2 N–H and O–H groups in total. The quantitative estimate of drug-likeness (QED) is 0.719. The van der Waals surface area contributed by atoms with E-state index in [2.05, 4.69) is 5.10 Å². The van der Waals surface area contributed by atoms with Crippen molar-refractivity contribution in [2.75, 3.05) is 23.8 Å². The van der Waals surface area contributed by atoms with Crippen molar-refractivity contribution < 1.29 is 13.2 Å². The summed E-state index contributed by atoms with van der Waals surface area (Å²) in [4.78, 5) is 0. The van der Waals surface area contributed by atoms with Crippen molar-refractivity contribution in [1.82, 2.24) is 9.78 Å². The monoisotopic (exact) mass is 243 g/mol. The lowest BCUT2D eigenvalue weighted by Crippen LogP contribution is -2.39. The van der Waals surface area contributed by atoms with Crippen LogP contribution in [0.15, 0.2) is 0 Å². The summed E-state index contributed by atoms with van der Waals surface area (Å²) < 4.78 is 29.2. The van der Waals surface area contributed by atoms with Crippen molar-refractivity contribution in [3.63, 3.8) is 0 Å². The third-order valence-electron chi connectivity index (χ3n) is 3.11. The van der Waals surface area contributed by atoms with Crippen LogP contribution in [0.25, 0.3) is 0 Å². The maximum atomic E-state index is 11.1. The molecule has 7 heteroatoms. The van der Waals surface area contributed by atoms with Gasteiger partial charge in [0, 0.05) is 12.0 Å². The molecule has 0 spiro atoms. The van der Waals surface area contributed by atoms with Crippen LogP contribution in [0.2, 0.25) is 0 Å². The fourth-order valence-corrected chi connectivity index (χ4v) is 3.58. The van der Waals surface area contributed by atoms with Crippen molar-refractivity contribution in [3.8, 4) is 0 Å². The van der Waals surface area contributed by atoms with E-state index in [-0.39, 0.29) is 17.5 Å². The zero-order valence-corrected chi connectivity index (χ0v) is 9.53. The molecule has 16 heavy (non-hydrogen) atoms. The number of fused-ring (bicyclic) bond motifs is 1. The second-order valence-electron chi connectivity index (χ2n) is 4.29. The standard InChI is InChI=1S/C9H13N3O3S/c10-9-7-1-2-15-3-8(7)11-12(9)6-4-16(13,14)5-6/h6H,1-5,10H2. The number of rotatable bonds is 1. The van der Waals surface area contributed by atoms with Crippen LogP contribution >= 0.6 is 0 Å². The van der Waals surface area contributed by atoms with E-state index in [0.29, 0.717) is 19.0 Å². The topological polar surface area (TPSA) is 87.2 Å². The summed E-state index contributed by atoms with van der Waals surface area (Å²) >= 11 is 0. The lowest BCUT2D eigenvalue weighted by atomic mass is 10.1. The van der Waals surface area contributed by atoms with Crippen LogP contribution in [-0.2, 0) is 27.6 Å². The first-order valence-electron chi connectivity index (χ1n) is 5.21. The molecule has 0 saturated carbocycles. The fraction of sp³-hybridized carbons (Fsp3) is 0.667. The zero-order chi connectivity index (χ0) is 11.3. The smallest absolute Gasteiger partial charge is 0.154 e. The summed E-state index contributed by atoms with van der Waals surface area (Å²) in [6.45, 7) is 1.14. The summed E-state index contributed by atoms with van der Waals surface area (Å²) in [5, 5.41) is 4.34. The lowest BCUT2D eigenvalue weighted by Gasteiger charge is -2.26. The highest BCUT2D eigenvalue weighted by Gasteiger charge is 2.37. The Labute approximate surface area is 93.3 Å². The Bertz CT molecular complexity index is 522. The van der Waals surface area contributed by atoms with E-state index in [4.69, 9.17) is 10.5 Å². The van der Waals surface area contributed by atoms with Gasteiger partial charge in [0.1, 0.15) is 5.82 Å². The molecule has 0 aliphatic carbocycles. The molecule has 2 aliphatic rings. The van der Waals surface area contributed by atoms with Crippen LogP contribution in [0.3, 0.4) is 0 Å². The van der Waals surface area contributed by atoms with Crippen LogP contribution in [0.1, 0.15) is 17.3 Å². The Morgan fingerprint density at radius 1 is 1.44 bits per heavy atom. The van der Waals surface area contributed by atoms with Gasteiger partial charge in [0.15, 0.2) is 9.84 Å². The van der Waals surface area contributed by atoms with Crippen molar-refractivity contribution >= 4 is 15.7 Å². The minimum Gasteiger partial charge on any atom is -0.384 e. The Kier molecular flexibility index (Phi) is 2.02. The summed E-state index contributed by atoms with van der Waals surface area (Å²) in [5.74, 6) is 0.912. The van der Waals surface area contributed by atoms with Crippen LogP contribution in [0, 0.1) is 0 Å². The Hall–Kier alpha value is -1.08. The van der Waals surface area contributed by atoms with Gasteiger partial charge in [-0.2, -0.15) is 5.10 Å². The maximum Gasteiger partial charge on any atom is 0.154 e. The lowest BCUT2D eigenvalue weighted by molar-refractivity contribution is 0.108. The number of aromatic nitrogens is 2. The van der Waals surface area contributed by atoms with Crippen molar-refractivity contribution in [3.05, 3.63) is 11.3 Å². The number of hydrogen-bond donors (Lipinski definition) is 1. The molecular formula is C9H13N3O3S. The number of nitrogen functional groups attached to an aromatic ring is 1. The van der Waals surface area contributed by atoms with E-state index >= 15 is 0 Å². The summed E-state index contributed by atoms with van der Waals surface area (Å²) in [6.07, 6.45) is 0.765. The molecule has 3 heterocycles. The molecule has 1 fully saturated rings. The van der Waals surface area contributed by atoms with Gasteiger partial charge in [0.25, 0.3) is 0 Å². The normalized spacial score (nSPS) is 23.8. The molecule has 0 unspecified atom stereocenters. The van der Waals surface area contributed by atoms with Crippen molar-refractivity contribution in [2.24, 2.45) is 0 Å². The number of anilines is 1. The van der Waals surface area contributed by atoms with Gasteiger partial charge >= 0.3 is 0 Å². The first kappa shape index (κ1) is 10.1. The molecule has 88 valence electrons. The van der Waals surface area contributed by atoms with Gasteiger partial charge in [-0.1, -0.05) is 0 Å². The maximum absolute atomic E-state index is 11.1. The number of ether oxygens (including phenoxy) is 1. The number of nitrogens with zero attached hydrogens (tertiary/aromatic N) is 2. The van der Waals surface area contributed by atoms with Crippen LogP contribution in [0.5, 0.6) is 0 Å². The number of nitrogens with two attached hydrogens (primary N) is 1. The molecule has 0 atom stereocenters. The van der Waals surface area contributed by atoms with E-state index in [0.717, 1.165) is 17.7 Å². The molecule has 1 aromatic rings. The largest absolute Gasteiger partial charge is 0.384 e. The van der Waals surface area contributed by atoms with Crippen LogP contribution in [0.4, 0.5) is 5.82 Å². The van der Waals surface area contributed by atoms with E-state index in [1.54, 1.807) is 4.68 Å². The summed E-state index contributed by atoms with van der Waals surface area (Å²) in [5.41, 5.74) is 7.85. The third-order valence-corrected chi connectivity index (χ3v) is 4.89. The van der Waals surface area contributed by atoms with Crippen molar-refractivity contribution in [1.29, 1.82) is 0 Å². The summed E-state index contributed by atoms with van der Waals surface area (Å²) in [7, 11) is -2.84. The van der Waals surface area contributed by atoms with E-state index in [9.17, 15) is 8.42 Å². The first-order valence-corrected chi connectivity index (χ1v) is 7.03. The molecular weight excluding hydrogens is 230 g/mol. The molecule has 1 saturated heterocycles. The summed E-state index contributed by atoms with van der Waals surface area (Å²) in [6, 6.07) is -0.0874. The SMILES string of the molecule is Nc1c2c(nn1C1CS(=O)(=O)C1)COCC2. The first-order chi connectivity index (χ1) is 7.57. The highest BCUT2D eigenvalue weighted by atomic mass is 32.2. The molecule has 2 aliphatic heterocycles. The predicted molar refractivity (Wildman–Crippen MR) is 57.7 cm³/mol. The van der Waals surface area contributed by atoms with Gasteiger partial charge in [-0.25, -0.2) is 13.1 Å².